The van der Waals surface area contributed by atoms with Gasteiger partial charge < -0.3 is 29.5 Å². The van der Waals surface area contributed by atoms with E-state index in [-0.39, 0.29) is 31.0 Å². The van der Waals surface area contributed by atoms with Crippen LogP contribution in [0.1, 0.15) is 20.3 Å². The highest BCUT2D eigenvalue weighted by Crippen LogP contribution is 2.58. The smallest absolute Gasteiger partial charge is 0.309 e. The largest absolute Gasteiger partial charge is 0.462 e. The molecule has 124 valence electrons. The van der Waals surface area contributed by atoms with Gasteiger partial charge in [-0.05, 0) is 11.5 Å². The zero-order chi connectivity index (χ0) is 16.1. The van der Waals surface area contributed by atoms with Crippen LogP contribution in [0.4, 0.5) is 0 Å². The highest BCUT2D eigenvalue weighted by atomic mass is 16.7. The highest BCUT2D eigenvalue weighted by Gasteiger charge is 2.74. The van der Waals surface area contributed by atoms with Crippen molar-refractivity contribution in [1.29, 1.82) is 0 Å². The third-order valence-electron chi connectivity index (χ3n) is 4.67. The molecule has 0 aromatic heterocycles. The Hall–Kier alpha value is -1.15. The minimum Gasteiger partial charge on any atom is -0.462 e. The standard InChI is InChI=1S/C15H22O7/c1-7(2)3-9(18)21-14-11-10(8(4-16)5-20-14)12-13(22-12)15(11,19)6-17/h5,7,10-14,16-17,19H,3-4,6H2,1-2H3/t10-,11-,12+,13+,14+,15-/m1/s1. The van der Waals surface area contributed by atoms with Gasteiger partial charge in [0.2, 0.25) is 6.29 Å². The summed E-state index contributed by atoms with van der Waals surface area (Å²) in [5.74, 6) is -1.24. The molecule has 7 nitrogen and oxygen atoms in total. The van der Waals surface area contributed by atoms with Gasteiger partial charge in [-0.3, -0.25) is 4.79 Å². The summed E-state index contributed by atoms with van der Waals surface area (Å²) >= 11 is 0. The number of epoxide rings is 1. The van der Waals surface area contributed by atoms with E-state index in [1.54, 1.807) is 0 Å². The van der Waals surface area contributed by atoms with Crippen LogP contribution in [0.15, 0.2) is 11.8 Å². The van der Waals surface area contributed by atoms with Gasteiger partial charge in [0, 0.05) is 12.3 Å². The number of carbonyl (C=O) groups is 1. The van der Waals surface area contributed by atoms with E-state index in [0.717, 1.165) is 0 Å². The molecule has 0 bridgehead atoms. The topological polar surface area (TPSA) is 109 Å². The number of rotatable bonds is 5. The summed E-state index contributed by atoms with van der Waals surface area (Å²) in [5.41, 5.74) is -0.953. The Morgan fingerprint density at radius 2 is 2.18 bits per heavy atom. The van der Waals surface area contributed by atoms with Crippen molar-refractivity contribution in [2.24, 2.45) is 17.8 Å². The molecule has 0 aromatic carbocycles. The number of ether oxygens (including phenoxy) is 3. The van der Waals surface area contributed by atoms with Gasteiger partial charge in [-0.2, -0.15) is 0 Å². The molecule has 7 heteroatoms. The highest BCUT2D eigenvalue weighted by molar-refractivity contribution is 5.69. The molecule has 1 saturated heterocycles. The minimum atomic E-state index is -1.53. The Morgan fingerprint density at radius 3 is 2.77 bits per heavy atom. The van der Waals surface area contributed by atoms with Crippen LogP contribution in [-0.4, -0.2) is 58.6 Å². The summed E-state index contributed by atoms with van der Waals surface area (Å²) in [4.78, 5) is 11.9. The molecule has 0 spiro atoms. The van der Waals surface area contributed by atoms with Crippen LogP contribution in [0, 0.1) is 17.8 Å². The second kappa shape index (κ2) is 5.49. The Morgan fingerprint density at radius 1 is 1.45 bits per heavy atom. The SMILES string of the molecule is CC(C)CC(=O)O[C@@H]1OC=C(CO)[C@H]2[C@@H]3O[C@@H]3[C@@](O)(CO)[C@@H]12. The first kappa shape index (κ1) is 15.7. The first-order valence-corrected chi connectivity index (χ1v) is 7.55. The van der Waals surface area contributed by atoms with Gasteiger partial charge in [-0.15, -0.1) is 0 Å². The molecule has 6 atom stereocenters. The van der Waals surface area contributed by atoms with Crippen LogP contribution < -0.4 is 0 Å². The number of aliphatic hydroxyl groups is 3. The average Bonchev–Trinajstić information content (AvgIpc) is 3.21. The molecule has 0 unspecified atom stereocenters. The van der Waals surface area contributed by atoms with Crippen molar-refractivity contribution in [3.05, 3.63) is 11.8 Å². The summed E-state index contributed by atoms with van der Waals surface area (Å²) < 4.78 is 16.2. The Bertz CT molecular complexity index is 488. The van der Waals surface area contributed by atoms with E-state index in [9.17, 15) is 20.1 Å². The first-order chi connectivity index (χ1) is 10.4. The average molecular weight is 314 g/mol. The van der Waals surface area contributed by atoms with Crippen LogP contribution in [0.25, 0.3) is 0 Å². The summed E-state index contributed by atoms with van der Waals surface area (Å²) in [7, 11) is 0. The summed E-state index contributed by atoms with van der Waals surface area (Å²) in [6.07, 6.45) is -0.170. The number of aliphatic hydroxyl groups excluding tert-OH is 2. The Balaban J connectivity index is 1.83. The van der Waals surface area contributed by atoms with E-state index >= 15 is 0 Å². The van der Waals surface area contributed by atoms with Crippen molar-refractivity contribution in [2.45, 2.75) is 44.4 Å². The van der Waals surface area contributed by atoms with Crippen molar-refractivity contribution in [1.82, 2.24) is 0 Å². The van der Waals surface area contributed by atoms with Gasteiger partial charge in [0.15, 0.2) is 0 Å². The molecule has 3 rings (SSSR count). The molecule has 2 fully saturated rings. The summed E-state index contributed by atoms with van der Waals surface area (Å²) in [5, 5.41) is 29.8. The van der Waals surface area contributed by atoms with Crippen molar-refractivity contribution >= 4 is 5.97 Å². The lowest BCUT2D eigenvalue weighted by atomic mass is 9.79. The molecule has 3 aliphatic rings. The maximum absolute atomic E-state index is 11.9. The fourth-order valence-corrected chi connectivity index (χ4v) is 3.62. The Labute approximate surface area is 128 Å². The van der Waals surface area contributed by atoms with Gasteiger partial charge in [0.25, 0.3) is 0 Å². The molecule has 1 aliphatic carbocycles. The molecular weight excluding hydrogens is 292 g/mol. The number of hydrogen-bond donors (Lipinski definition) is 3. The molecule has 0 radical (unpaired) electrons. The van der Waals surface area contributed by atoms with Crippen molar-refractivity contribution in [2.75, 3.05) is 13.2 Å². The van der Waals surface area contributed by atoms with Gasteiger partial charge in [0.1, 0.15) is 11.7 Å². The van der Waals surface area contributed by atoms with E-state index < -0.39 is 36.5 Å². The summed E-state index contributed by atoms with van der Waals surface area (Å²) in [6.45, 7) is 3.05. The zero-order valence-corrected chi connectivity index (χ0v) is 12.6. The lowest BCUT2D eigenvalue weighted by molar-refractivity contribution is -0.220. The number of hydrogen-bond acceptors (Lipinski definition) is 7. The van der Waals surface area contributed by atoms with E-state index in [1.807, 2.05) is 13.8 Å². The molecule has 1 saturated carbocycles. The quantitative estimate of drug-likeness (QED) is 0.465. The molecule has 3 N–H and O–H groups in total. The molecule has 22 heavy (non-hydrogen) atoms. The fraction of sp³-hybridized carbons (Fsp3) is 0.800. The maximum atomic E-state index is 11.9. The van der Waals surface area contributed by atoms with Crippen LogP contribution in [0.3, 0.4) is 0 Å². The summed E-state index contributed by atoms with van der Waals surface area (Å²) in [6, 6.07) is 0. The maximum Gasteiger partial charge on any atom is 0.309 e. The number of fused-ring (bicyclic) bond motifs is 3. The van der Waals surface area contributed by atoms with Gasteiger partial charge in [0.05, 0.1) is 31.5 Å². The van der Waals surface area contributed by atoms with Crippen molar-refractivity contribution in [3.8, 4) is 0 Å². The second-order valence-electron chi connectivity index (χ2n) is 6.67. The molecule has 0 aromatic rings. The number of esters is 1. The Kier molecular flexibility index (Phi) is 3.92. The first-order valence-electron chi connectivity index (χ1n) is 7.55. The van der Waals surface area contributed by atoms with E-state index in [4.69, 9.17) is 14.2 Å². The predicted octanol–water partition coefficient (Wildman–Crippen LogP) is -0.455. The zero-order valence-electron chi connectivity index (χ0n) is 12.6. The third kappa shape index (κ3) is 2.32. The molecule has 2 heterocycles. The van der Waals surface area contributed by atoms with Crippen LogP contribution in [0.5, 0.6) is 0 Å². The van der Waals surface area contributed by atoms with Crippen LogP contribution >= 0.6 is 0 Å². The van der Waals surface area contributed by atoms with Crippen LogP contribution in [0.2, 0.25) is 0 Å². The predicted molar refractivity (Wildman–Crippen MR) is 73.3 cm³/mol. The van der Waals surface area contributed by atoms with E-state index in [1.165, 1.54) is 6.26 Å². The van der Waals surface area contributed by atoms with Gasteiger partial charge in [-0.1, -0.05) is 13.8 Å². The monoisotopic (exact) mass is 314 g/mol. The normalized spacial score (nSPS) is 42.3. The lowest BCUT2D eigenvalue weighted by Gasteiger charge is -2.40. The van der Waals surface area contributed by atoms with Gasteiger partial charge >= 0.3 is 5.97 Å². The fourth-order valence-electron chi connectivity index (χ4n) is 3.62. The third-order valence-corrected chi connectivity index (χ3v) is 4.67. The molecule has 2 aliphatic heterocycles. The lowest BCUT2D eigenvalue weighted by Crippen LogP contribution is -2.53. The second-order valence-corrected chi connectivity index (χ2v) is 6.67. The number of carbonyl (C=O) groups excluding carboxylic acids is 1. The minimum absolute atomic E-state index is 0.146. The van der Waals surface area contributed by atoms with Gasteiger partial charge in [-0.25, -0.2) is 0 Å². The van der Waals surface area contributed by atoms with E-state index in [2.05, 4.69) is 0 Å². The molecular formula is C15H22O7. The van der Waals surface area contributed by atoms with E-state index in [0.29, 0.717) is 5.57 Å². The van der Waals surface area contributed by atoms with Crippen LogP contribution in [-0.2, 0) is 19.0 Å². The van der Waals surface area contributed by atoms with Crippen molar-refractivity contribution in [3.63, 3.8) is 0 Å². The molecule has 0 amide bonds. The van der Waals surface area contributed by atoms with Crippen molar-refractivity contribution < 1.29 is 34.3 Å².